The molecule has 0 amide bonds. The monoisotopic (exact) mass is 222 g/mol. The van der Waals surface area contributed by atoms with Crippen molar-refractivity contribution in [1.29, 1.82) is 5.26 Å². The average Bonchev–Trinajstić information content (AvgIpc) is 2.39. The predicted octanol–water partition coefficient (Wildman–Crippen LogP) is 2.82. The lowest BCUT2D eigenvalue weighted by atomic mass is 10.0. The van der Waals surface area contributed by atoms with E-state index in [9.17, 15) is 4.79 Å². The molecule has 17 heavy (non-hydrogen) atoms. The summed E-state index contributed by atoms with van der Waals surface area (Å²) < 4.78 is 0. The highest BCUT2D eigenvalue weighted by Gasteiger charge is 2.07. The molecule has 3 nitrogen and oxygen atoms in total. The van der Waals surface area contributed by atoms with E-state index >= 15 is 0 Å². The van der Waals surface area contributed by atoms with Gasteiger partial charge in [0, 0.05) is 17.3 Å². The van der Waals surface area contributed by atoms with Gasteiger partial charge in [-0.15, -0.1) is 0 Å². The molecule has 3 heteroatoms. The van der Waals surface area contributed by atoms with Crippen molar-refractivity contribution in [2.45, 2.75) is 6.92 Å². The summed E-state index contributed by atoms with van der Waals surface area (Å²) in [7, 11) is 0. The van der Waals surface area contributed by atoms with E-state index in [-0.39, 0.29) is 5.78 Å². The van der Waals surface area contributed by atoms with E-state index in [0.29, 0.717) is 16.8 Å². The summed E-state index contributed by atoms with van der Waals surface area (Å²) in [5.41, 5.74) is 2.53. The second-order valence-electron chi connectivity index (χ2n) is 3.65. The maximum absolute atomic E-state index is 11.3. The van der Waals surface area contributed by atoms with E-state index in [2.05, 4.69) is 11.1 Å². The molecule has 0 saturated carbocycles. The lowest BCUT2D eigenvalue weighted by molar-refractivity contribution is 0.101. The number of ketones is 1. The summed E-state index contributed by atoms with van der Waals surface area (Å²) >= 11 is 0. The minimum absolute atomic E-state index is 0.00119. The lowest BCUT2D eigenvalue weighted by Gasteiger charge is -2.04. The fourth-order valence-corrected chi connectivity index (χ4v) is 1.61. The van der Waals surface area contributed by atoms with Crippen molar-refractivity contribution in [1.82, 2.24) is 4.98 Å². The molecule has 1 aromatic heterocycles. The summed E-state index contributed by atoms with van der Waals surface area (Å²) in [5.74, 6) is 0.00119. The standard InChI is InChI=1S/C14H10N2O/c1-10(17)11-4-2-5-12(8-11)14-13(9-15)6-3-7-16-14/h2-8H,1H3. The summed E-state index contributed by atoms with van der Waals surface area (Å²) in [6.07, 6.45) is 1.64. The number of rotatable bonds is 2. The number of hydrogen-bond acceptors (Lipinski definition) is 3. The Kier molecular flexibility index (Phi) is 2.97. The number of hydrogen-bond donors (Lipinski definition) is 0. The van der Waals surface area contributed by atoms with Crippen LogP contribution in [-0.4, -0.2) is 10.8 Å². The van der Waals surface area contributed by atoms with Gasteiger partial charge in [0.1, 0.15) is 6.07 Å². The van der Waals surface area contributed by atoms with Gasteiger partial charge in [0.15, 0.2) is 5.78 Å². The predicted molar refractivity (Wildman–Crippen MR) is 64.4 cm³/mol. The second-order valence-corrected chi connectivity index (χ2v) is 3.65. The first-order valence-electron chi connectivity index (χ1n) is 5.19. The number of carbonyl (C=O) groups excluding carboxylic acids is 1. The molecule has 0 bridgehead atoms. The fraction of sp³-hybridized carbons (Fsp3) is 0.0714. The van der Waals surface area contributed by atoms with Crippen molar-refractivity contribution >= 4 is 5.78 Å². The van der Waals surface area contributed by atoms with Crippen molar-refractivity contribution in [3.63, 3.8) is 0 Å². The van der Waals surface area contributed by atoms with Gasteiger partial charge in [0.25, 0.3) is 0 Å². The third kappa shape index (κ3) is 2.21. The number of nitriles is 1. The van der Waals surface area contributed by atoms with Gasteiger partial charge in [-0.05, 0) is 25.1 Å². The number of carbonyl (C=O) groups is 1. The van der Waals surface area contributed by atoms with Crippen molar-refractivity contribution in [2.75, 3.05) is 0 Å². The highest BCUT2D eigenvalue weighted by atomic mass is 16.1. The molecule has 0 radical (unpaired) electrons. The van der Waals surface area contributed by atoms with Gasteiger partial charge in [-0.1, -0.05) is 18.2 Å². The smallest absolute Gasteiger partial charge is 0.159 e. The average molecular weight is 222 g/mol. The third-order valence-corrected chi connectivity index (χ3v) is 2.47. The lowest BCUT2D eigenvalue weighted by Crippen LogP contribution is -1.94. The molecule has 0 aliphatic rings. The van der Waals surface area contributed by atoms with Crippen LogP contribution in [-0.2, 0) is 0 Å². The SMILES string of the molecule is CC(=O)c1cccc(-c2ncccc2C#N)c1. The highest BCUT2D eigenvalue weighted by Crippen LogP contribution is 2.21. The first kappa shape index (κ1) is 11.0. The van der Waals surface area contributed by atoms with E-state index in [4.69, 9.17) is 5.26 Å². The van der Waals surface area contributed by atoms with Crippen molar-refractivity contribution in [3.05, 3.63) is 53.7 Å². The van der Waals surface area contributed by atoms with Crippen molar-refractivity contribution in [2.24, 2.45) is 0 Å². The zero-order valence-corrected chi connectivity index (χ0v) is 9.34. The topological polar surface area (TPSA) is 53.8 Å². The van der Waals surface area contributed by atoms with Crippen LogP contribution in [0.2, 0.25) is 0 Å². The molecule has 0 N–H and O–H groups in total. The minimum atomic E-state index is 0.00119. The first-order chi connectivity index (χ1) is 8.22. The maximum atomic E-state index is 11.3. The molecule has 0 atom stereocenters. The molecular weight excluding hydrogens is 212 g/mol. The van der Waals surface area contributed by atoms with Crippen molar-refractivity contribution < 1.29 is 4.79 Å². The van der Waals surface area contributed by atoms with E-state index < -0.39 is 0 Å². The fourth-order valence-electron chi connectivity index (χ4n) is 1.61. The van der Waals surface area contributed by atoms with E-state index in [1.54, 1.807) is 36.5 Å². The molecule has 2 rings (SSSR count). The van der Waals surface area contributed by atoms with Crippen LogP contribution in [0.5, 0.6) is 0 Å². The molecule has 2 aromatic rings. The summed E-state index contributed by atoms with van der Waals surface area (Å²) in [6, 6.07) is 12.7. The van der Waals surface area contributed by atoms with Crippen LogP contribution in [0.25, 0.3) is 11.3 Å². The highest BCUT2D eigenvalue weighted by molar-refractivity contribution is 5.95. The molecule has 0 aliphatic carbocycles. The Morgan fingerprint density at radius 3 is 2.82 bits per heavy atom. The maximum Gasteiger partial charge on any atom is 0.159 e. The number of aromatic nitrogens is 1. The van der Waals surface area contributed by atoms with Gasteiger partial charge in [-0.2, -0.15) is 5.26 Å². The van der Waals surface area contributed by atoms with Crippen LogP contribution in [0.15, 0.2) is 42.6 Å². The van der Waals surface area contributed by atoms with Crippen LogP contribution < -0.4 is 0 Å². The van der Waals surface area contributed by atoms with Gasteiger partial charge in [-0.25, -0.2) is 0 Å². The largest absolute Gasteiger partial charge is 0.295 e. The summed E-state index contributed by atoms with van der Waals surface area (Å²) in [6.45, 7) is 1.52. The van der Waals surface area contributed by atoms with Crippen LogP contribution >= 0.6 is 0 Å². The zero-order chi connectivity index (χ0) is 12.3. The number of pyridine rings is 1. The van der Waals surface area contributed by atoms with Crippen LogP contribution in [0.4, 0.5) is 0 Å². The molecular formula is C14H10N2O. The Hall–Kier alpha value is -2.47. The Labute approximate surface area is 99.4 Å². The molecule has 0 spiro atoms. The van der Waals surface area contributed by atoms with Gasteiger partial charge in [0.2, 0.25) is 0 Å². The van der Waals surface area contributed by atoms with Gasteiger partial charge >= 0.3 is 0 Å². The second kappa shape index (κ2) is 4.58. The number of nitrogens with zero attached hydrogens (tertiary/aromatic N) is 2. The number of benzene rings is 1. The Balaban J connectivity index is 2.57. The van der Waals surface area contributed by atoms with Crippen LogP contribution in [0.3, 0.4) is 0 Å². The van der Waals surface area contributed by atoms with Gasteiger partial charge in [-0.3, -0.25) is 9.78 Å². The molecule has 1 heterocycles. The van der Waals surface area contributed by atoms with Crippen LogP contribution in [0, 0.1) is 11.3 Å². The molecule has 0 saturated heterocycles. The molecule has 82 valence electrons. The molecule has 0 fully saturated rings. The Morgan fingerprint density at radius 1 is 1.29 bits per heavy atom. The number of Topliss-reactive ketones (excluding diaryl/α,β-unsaturated/α-hetero) is 1. The molecule has 0 unspecified atom stereocenters. The third-order valence-electron chi connectivity index (χ3n) is 2.47. The van der Waals surface area contributed by atoms with E-state index in [1.165, 1.54) is 6.92 Å². The summed E-state index contributed by atoms with van der Waals surface area (Å²) in [5, 5.41) is 9.00. The quantitative estimate of drug-likeness (QED) is 0.734. The van der Waals surface area contributed by atoms with Gasteiger partial charge in [0.05, 0.1) is 11.3 Å². The normalized spacial score (nSPS) is 9.65. The van der Waals surface area contributed by atoms with E-state index in [0.717, 1.165) is 5.56 Å². The zero-order valence-electron chi connectivity index (χ0n) is 9.34. The van der Waals surface area contributed by atoms with Crippen LogP contribution in [0.1, 0.15) is 22.8 Å². The summed E-state index contributed by atoms with van der Waals surface area (Å²) in [4.78, 5) is 15.5. The Morgan fingerprint density at radius 2 is 2.12 bits per heavy atom. The minimum Gasteiger partial charge on any atom is -0.295 e. The Bertz CT molecular complexity index is 612. The molecule has 1 aromatic carbocycles. The van der Waals surface area contributed by atoms with E-state index in [1.807, 2.05) is 6.07 Å². The van der Waals surface area contributed by atoms with Gasteiger partial charge < -0.3 is 0 Å². The molecule has 0 aliphatic heterocycles. The first-order valence-corrected chi connectivity index (χ1v) is 5.19. The van der Waals surface area contributed by atoms with Crippen molar-refractivity contribution in [3.8, 4) is 17.3 Å².